The SMILES string of the molecule is CCN(Cc1ccncc1)C(=O)[C@H]1[C@@H]2C=C[C@@]3(CN(Cc4ccc(F)cc4)C(=O)[C@H]13)O2. The zero-order valence-electron chi connectivity index (χ0n) is 17.3. The molecule has 1 aromatic carbocycles. The van der Waals surface area contributed by atoms with Crippen LogP contribution < -0.4 is 0 Å². The van der Waals surface area contributed by atoms with Gasteiger partial charge in [-0.2, -0.15) is 0 Å². The molecular formula is C24H24FN3O3. The highest BCUT2D eigenvalue weighted by Gasteiger charge is 2.67. The van der Waals surface area contributed by atoms with Crippen LogP contribution in [0, 0.1) is 17.7 Å². The number of pyridine rings is 1. The highest BCUT2D eigenvalue weighted by molar-refractivity contribution is 5.93. The summed E-state index contributed by atoms with van der Waals surface area (Å²) < 4.78 is 19.5. The van der Waals surface area contributed by atoms with Crippen molar-refractivity contribution in [3.63, 3.8) is 0 Å². The fourth-order valence-electron chi connectivity index (χ4n) is 5.07. The number of ether oxygens (including phenoxy) is 1. The third-order valence-electron chi connectivity index (χ3n) is 6.57. The number of hydrogen-bond acceptors (Lipinski definition) is 4. The fourth-order valence-corrected chi connectivity index (χ4v) is 5.07. The molecular weight excluding hydrogens is 397 g/mol. The van der Waals surface area contributed by atoms with Crippen LogP contribution in [0.25, 0.3) is 0 Å². The predicted molar refractivity (Wildman–Crippen MR) is 111 cm³/mol. The second-order valence-corrected chi connectivity index (χ2v) is 8.43. The van der Waals surface area contributed by atoms with Crippen molar-refractivity contribution in [1.82, 2.24) is 14.8 Å². The van der Waals surface area contributed by atoms with Gasteiger partial charge in [0.1, 0.15) is 11.4 Å². The molecule has 2 bridgehead atoms. The number of amides is 2. The molecule has 7 heteroatoms. The Labute approximate surface area is 180 Å². The van der Waals surface area contributed by atoms with Crippen molar-refractivity contribution in [2.24, 2.45) is 11.8 Å². The summed E-state index contributed by atoms with van der Waals surface area (Å²) in [6.45, 7) is 3.73. The monoisotopic (exact) mass is 421 g/mol. The summed E-state index contributed by atoms with van der Waals surface area (Å²) in [5.74, 6) is -1.50. The van der Waals surface area contributed by atoms with Crippen LogP contribution in [0.3, 0.4) is 0 Å². The topological polar surface area (TPSA) is 62.7 Å². The van der Waals surface area contributed by atoms with E-state index in [1.54, 1.807) is 34.3 Å². The number of fused-ring (bicyclic) bond motifs is 1. The first-order valence-electron chi connectivity index (χ1n) is 10.6. The Hall–Kier alpha value is -3.06. The lowest BCUT2D eigenvalue weighted by atomic mass is 9.76. The highest BCUT2D eigenvalue weighted by Crippen LogP contribution is 2.52. The molecule has 0 N–H and O–H groups in total. The van der Waals surface area contributed by atoms with Crippen LogP contribution in [0.2, 0.25) is 0 Å². The van der Waals surface area contributed by atoms with E-state index >= 15 is 0 Å². The van der Waals surface area contributed by atoms with Crippen LogP contribution in [-0.4, -0.2) is 51.4 Å². The van der Waals surface area contributed by atoms with Crippen LogP contribution in [0.15, 0.2) is 60.9 Å². The summed E-state index contributed by atoms with van der Waals surface area (Å²) in [6, 6.07) is 9.92. The summed E-state index contributed by atoms with van der Waals surface area (Å²) >= 11 is 0. The molecule has 4 atom stereocenters. The number of halogens is 1. The van der Waals surface area contributed by atoms with Crippen LogP contribution in [-0.2, 0) is 27.4 Å². The second-order valence-electron chi connectivity index (χ2n) is 8.43. The molecule has 31 heavy (non-hydrogen) atoms. The molecule has 0 aliphatic carbocycles. The highest BCUT2D eigenvalue weighted by atomic mass is 19.1. The van der Waals surface area contributed by atoms with E-state index < -0.39 is 17.4 Å². The van der Waals surface area contributed by atoms with Gasteiger partial charge in [0, 0.05) is 32.0 Å². The molecule has 1 aromatic heterocycles. The molecule has 0 radical (unpaired) electrons. The molecule has 3 aliphatic rings. The maximum Gasteiger partial charge on any atom is 0.230 e. The van der Waals surface area contributed by atoms with Gasteiger partial charge in [0.2, 0.25) is 11.8 Å². The van der Waals surface area contributed by atoms with Crippen molar-refractivity contribution in [2.75, 3.05) is 13.1 Å². The van der Waals surface area contributed by atoms with Crippen molar-refractivity contribution >= 4 is 11.8 Å². The van der Waals surface area contributed by atoms with Gasteiger partial charge in [0.25, 0.3) is 0 Å². The van der Waals surface area contributed by atoms with E-state index in [1.807, 2.05) is 31.2 Å². The van der Waals surface area contributed by atoms with E-state index in [-0.39, 0.29) is 23.7 Å². The molecule has 2 saturated heterocycles. The minimum absolute atomic E-state index is 0.0579. The molecule has 3 aliphatic heterocycles. The van der Waals surface area contributed by atoms with Gasteiger partial charge in [-0.1, -0.05) is 24.3 Å². The third-order valence-corrected chi connectivity index (χ3v) is 6.57. The molecule has 6 nitrogen and oxygen atoms in total. The number of aromatic nitrogens is 1. The molecule has 2 amide bonds. The first-order valence-corrected chi connectivity index (χ1v) is 10.6. The van der Waals surface area contributed by atoms with Crippen molar-refractivity contribution < 1.29 is 18.7 Å². The van der Waals surface area contributed by atoms with E-state index in [0.29, 0.717) is 26.2 Å². The smallest absolute Gasteiger partial charge is 0.230 e. The molecule has 160 valence electrons. The van der Waals surface area contributed by atoms with Crippen LogP contribution in [0.1, 0.15) is 18.1 Å². The summed E-state index contributed by atoms with van der Waals surface area (Å²) in [6.07, 6.45) is 6.92. The minimum Gasteiger partial charge on any atom is -0.360 e. The van der Waals surface area contributed by atoms with Gasteiger partial charge >= 0.3 is 0 Å². The van der Waals surface area contributed by atoms with Gasteiger partial charge in [-0.05, 0) is 42.3 Å². The van der Waals surface area contributed by atoms with Gasteiger partial charge < -0.3 is 14.5 Å². The fraction of sp³-hybridized carbons (Fsp3) is 0.375. The predicted octanol–water partition coefficient (Wildman–Crippen LogP) is 2.55. The van der Waals surface area contributed by atoms with E-state index in [4.69, 9.17) is 4.74 Å². The first kappa shape index (κ1) is 19.9. The molecule has 2 fully saturated rings. The average Bonchev–Trinajstić information content (AvgIpc) is 3.42. The standard InChI is InChI=1S/C24H24FN3O3/c1-2-27(13-17-8-11-26-12-9-17)22(29)20-19-7-10-24(31-19)15-28(23(30)21(20)24)14-16-3-5-18(25)6-4-16/h3-12,19-21H,2,13-15H2,1H3/t19-,20-,21-,24-/m0/s1. The Morgan fingerprint density at radius 2 is 1.97 bits per heavy atom. The molecule has 0 unspecified atom stereocenters. The van der Waals surface area contributed by atoms with Gasteiger partial charge in [-0.3, -0.25) is 14.6 Å². The lowest BCUT2D eigenvalue weighted by molar-refractivity contribution is -0.143. The zero-order chi connectivity index (χ0) is 21.6. The van der Waals surface area contributed by atoms with Crippen LogP contribution in [0.5, 0.6) is 0 Å². The number of carbonyl (C=O) groups is 2. The quantitative estimate of drug-likeness (QED) is 0.673. The lowest BCUT2D eigenvalue weighted by Crippen LogP contribution is -2.45. The molecule has 0 saturated carbocycles. The largest absolute Gasteiger partial charge is 0.360 e. The van der Waals surface area contributed by atoms with Crippen LogP contribution in [0.4, 0.5) is 4.39 Å². The third kappa shape index (κ3) is 3.33. The lowest BCUT2D eigenvalue weighted by Gasteiger charge is -2.29. The van der Waals surface area contributed by atoms with Crippen LogP contribution >= 0.6 is 0 Å². The summed E-state index contributed by atoms with van der Waals surface area (Å²) in [5.41, 5.74) is 1.09. The van der Waals surface area contributed by atoms with Gasteiger partial charge in [0.15, 0.2) is 0 Å². The summed E-state index contributed by atoms with van der Waals surface area (Å²) in [4.78, 5) is 34.5. The Balaban J connectivity index is 1.37. The number of likely N-dealkylation sites (tertiary alicyclic amines) is 1. The number of rotatable bonds is 6. The van der Waals surface area contributed by atoms with Gasteiger partial charge in [-0.15, -0.1) is 0 Å². The Kier molecular flexibility index (Phi) is 4.85. The molecule has 4 heterocycles. The number of carbonyl (C=O) groups excluding carboxylic acids is 2. The summed E-state index contributed by atoms with van der Waals surface area (Å²) in [7, 11) is 0. The van der Waals surface area contributed by atoms with Crippen molar-refractivity contribution in [3.05, 3.63) is 77.9 Å². The number of benzene rings is 1. The van der Waals surface area contributed by atoms with Crippen molar-refractivity contribution in [2.45, 2.75) is 31.7 Å². The minimum atomic E-state index is -0.752. The molecule has 2 aromatic rings. The Morgan fingerprint density at radius 1 is 1.23 bits per heavy atom. The Bertz CT molecular complexity index is 1030. The zero-order valence-corrected chi connectivity index (χ0v) is 17.3. The first-order chi connectivity index (χ1) is 15.0. The maximum absolute atomic E-state index is 13.5. The number of hydrogen-bond donors (Lipinski definition) is 0. The van der Waals surface area contributed by atoms with Crippen molar-refractivity contribution in [1.29, 1.82) is 0 Å². The van der Waals surface area contributed by atoms with E-state index in [9.17, 15) is 14.0 Å². The second kappa shape index (κ2) is 7.57. The van der Waals surface area contributed by atoms with Gasteiger partial charge in [-0.25, -0.2) is 4.39 Å². The average molecular weight is 421 g/mol. The molecule has 1 spiro atoms. The number of nitrogens with zero attached hydrogens (tertiary/aromatic N) is 3. The summed E-state index contributed by atoms with van der Waals surface area (Å²) in [5, 5.41) is 0. The van der Waals surface area contributed by atoms with Gasteiger partial charge in [0.05, 0.1) is 24.5 Å². The molecule has 5 rings (SSSR count). The Morgan fingerprint density at radius 3 is 2.68 bits per heavy atom. The van der Waals surface area contributed by atoms with E-state index in [0.717, 1.165) is 11.1 Å². The maximum atomic E-state index is 13.5. The van der Waals surface area contributed by atoms with E-state index in [2.05, 4.69) is 4.98 Å². The normalized spacial score (nSPS) is 28.3. The van der Waals surface area contributed by atoms with Crippen molar-refractivity contribution in [3.8, 4) is 0 Å². The van der Waals surface area contributed by atoms with E-state index in [1.165, 1.54) is 12.1 Å².